The SMILES string of the molecule is CCC(C)c1ccc(CN(C)C(C)CC(=O)O)cc1. The van der Waals surface area contributed by atoms with Crippen molar-refractivity contribution in [2.45, 2.75) is 52.1 Å². The van der Waals surface area contributed by atoms with Gasteiger partial charge in [0.1, 0.15) is 0 Å². The summed E-state index contributed by atoms with van der Waals surface area (Å²) in [4.78, 5) is 12.8. The molecule has 0 aliphatic heterocycles. The molecule has 0 saturated heterocycles. The Kier molecular flexibility index (Phi) is 6.03. The summed E-state index contributed by atoms with van der Waals surface area (Å²) in [5.41, 5.74) is 2.60. The molecule has 3 nitrogen and oxygen atoms in total. The molecular weight excluding hydrogens is 238 g/mol. The second kappa shape index (κ2) is 7.29. The summed E-state index contributed by atoms with van der Waals surface area (Å²) in [6.45, 7) is 7.16. The van der Waals surface area contributed by atoms with E-state index in [4.69, 9.17) is 5.11 Å². The summed E-state index contributed by atoms with van der Waals surface area (Å²) in [6.07, 6.45) is 1.33. The van der Waals surface area contributed by atoms with E-state index in [0.29, 0.717) is 5.92 Å². The fraction of sp³-hybridized carbons (Fsp3) is 0.562. The van der Waals surface area contributed by atoms with Gasteiger partial charge < -0.3 is 5.11 Å². The predicted molar refractivity (Wildman–Crippen MR) is 78.3 cm³/mol. The normalized spacial score (nSPS) is 14.4. The Hall–Kier alpha value is -1.35. The lowest BCUT2D eigenvalue weighted by Crippen LogP contribution is -2.30. The molecule has 0 saturated carbocycles. The minimum absolute atomic E-state index is 0.0479. The van der Waals surface area contributed by atoms with Gasteiger partial charge in [-0.1, -0.05) is 38.1 Å². The summed E-state index contributed by atoms with van der Waals surface area (Å²) in [5.74, 6) is -0.149. The lowest BCUT2D eigenvalue weighted by atomic mass is 9.97. The molecule has 106 valence electrons. The number of nitrogens with zero attached hydrogens (tertiary/aromatic N) is 1. The molecule has 0 heterocycles. The monoisotopic (exact) mass is 263 g/mol. The first kappa shape index (κ1) is 15.7. The van der Waals surface area contributed by atoms with Gasteiger partial charge in [0.05, 0.1) is 6.42 Å². The van der Waals surface area contributed by atoms with E-state index in [1.54, 1.807) is 0 Å². The molecule has 3 heteroatoms. The summed E-state index contributed by atoms with van der Waals surface area (Å²) in [5, 5.41) is 8.80. The zero-order chi connectivity index (χ0) is 14.4. The first-order chi connectivity index (χ1) is 8.93. The highest BCUT2D eigenvalue weighted by molar-refractivity contribution is 5.67. The highest BCUT2D eigenvalue weighted by atomic mass is 16.4. The Bertz CT molecular complexity index is 400. The number of rotatable bonds is 7. The number of hydrogen-bond donors (Lipinski definition) is 1. The van der Waals surface area contributed by atoms with Gasteiger partial charge in [-0.25, -0.2) is 0 Å². The highest BCUT2D eigenvalue weighted by Crippen LogP contribution is 2.19. The average Bonchev–Trinajstić information content (AvgIpc) is 2.37. The van der Waals surface area contributed by atoms with Crippen molar-refractivity contribution < 1.29 is 9.90 Å². The molecule has 1 N–H and O–H groups in total. The summed E-state index contributed by atoms with van der Waals surface area (Å²) >= 11 is 0. The van der Waals surface area contributed by atoms with Crippen LogP contribution in [-0.2, 0) is 11.3 Å². The highest BCUT2D eigenvalue weighted by Gasteiger charge is 2.13. The molecule has 2 atom stereocenters. The summed E-state index contributed by atoms with van der Waals surface area (Å²) in [6, 6.07) is 8.70. The lowest BCUT2D eigenvalue weighted by molar-refractivity contribution is -0.138. The standard InChI is InChI=1S/C16H25NO2/c1-5-12(2)15-8-6-14(7-9-15)11-17(4)13(3)10-16(18)19/h6-9,12-13H,5,10-11H2,1-4H3,(H,18,19). The maximum atomic E-state index is 10.7. The fourth-order valence-electron chi connectivity index (χ4n) is 2.04. The van der Waals surface area contributed by atoms with Crippen molar-refractivity contribution in [2.24, 2.45) is 0 Å². The van der Waals surface area contributed by atoms with E-state index in [9.17, 15) is 4.79 Å². The van der Waals surface area contributed by atoms with Crippen LogP contribution in [-0.4, -0.2) is 29.1 Å². The molecule has 19 heavy (non-hydrogen) atoms. The van der Waals surface area contributed by atoms with Gasteiger partial charge >= 0.3 is 5.97 Å². The van der Waals surface area contributed by atoms with Gasteiger partial charge in [0.15, 0.2) is 0 Å². The molecule has 2 unspecified atom stereocenters. The van der Waals surface area contributed by atoms with Gasteiger partial charge in [-0.2, -0.15) is 0 Å². The van der Waals surface area contributed by atoms with Crippen LogP contribution >= 0.6 is 0 Å². The smallest absolute Gasteiger partial charge is 0.304 e. The van der Waals surface area contributed by atoms with E-state index >= 15 is 0 Å². The summed E-state index contributed by atoms with van der Waals surface area (Å²) < 4.78 is 0. The number of carbonyl (C=O) groups is 1. The molecule has 0 aliphatic rings. The van der Waals surface area contributed by atoms with Gasteiger partial charge in [-0.3, -0.25) is 9.69 Å². The molecule has 0 amide bonds. The van der Waals surface area contributed by atoms with E-state index in [0.717, 1.165) is 13.0 Å². The van der Waals surface area contributed by atoms with E-state index in [2.05, 4.69) is 43.0 Å². The molecule has 0 aliphatic carbocycles. The number of aliphatic carboxylic acids is 1. The average molecular weight is 263 g/mol. The Morgan fingerprint density at radius 2 is 1.84 bits per heavy atom. The number of carboxylic acid groups (broad SMARTS) is 1. The zero-order valence-electron chi connectivity index (χ0n) is 12.4. The molecule has 1 aromatic carbocycles. The lowest BCUT2D eigenvalue weighted by Gasteiger charge is -2.23. The Balaban J connectivity index is 2.60. The third-order valence-corrected chi connectivity index (χ3v) is 3.82. The van der Waals surface area contributed by atoms with Gasteiger partial charge in [0.25, 0.3) is 0 Å². The molecule has 0 spiro atoms. The fourth-order valence-corrected chi connectivity index (χ4v) is 2.04. The number of hydrogen-bond acceptors (Lipinski definition) is 2. The van der Waals surface area contributed by atoms with Crippen LogP contribution in [0, 0.1) is 0 Å². The van der Waals surface area contributed by atoms with Gasteiger partial charge in [-0.05, 0) is 37.4 Å². The molecule has 1 aromatic rings. The third-order valence-electron chi connectivity index (χ3n) is 3.82. The molecule has 0 radical (unpaired) electrons. The van der Waals surface area contributed by atoms with Crippen LogP contribution < -0.4 is 0 Å². The van der Waals surface area contributed by atoms with Crippen LogP contribution in [0.3, 0.4) is 0 Å². The Morgan fingerprint density at radius 1 is 1.26 bits per heavy atom. The predicted octanol–water partition coefficient (Wildman–Crippen LogP) is 3.50. The van der Waals surface area contributed by atoms with E-state index in [-0.39, 0.29) is 12.5 Å². The molecule has 0 bridgehead atoms. The molecule has 0 aromatic heterocycles. The largest absolute Gasteiger partial charge is 0.481 e. The van der Waals surface area contributed by atoms with Crippen molar-refractivity contribution in [2.75, 3.05) is 7.05 Å². The maximum Gasteiger partial charge on any atom is 0.304 e. The topological polar surface area (TPSA) is 40.5 Å². The van der Waals surface area contributed by atoms with Crippen molar-refractivity contribution in [3.05, 3.63) is 35.4 Å². The Morgan fingerprint density at radius 3 is 2.32 bits per heavy atom. The van der Waals surface area contributed by atoms with Crippen molar-refractivity contribution in [1.29, 1.82) is 0 Å². The first-order valence-corrected chi connectivity index (χ1v) is 6.94. The van der Waals surface area contributed by atoms with Crippen LogP contribution in [0.2, 0.25) is 0 Å². The van der Waals surface area contributed by atoms with Crippen molar-refractivity contribution >= 4 is 5.97 Å². The molecule has 1 rings (SSSR count). The van der Waals surface area contributed by atoms with Crippen molar-refractivity contribution in [3.63, 3.8) is 0 Å². The first-order valence-electron chi connectivity index (χ1n) is 6.94. The summed E-state index contributed by atoms with van der Waals surface area (Å²) in [7, 11) is 1.97. The van der Waals surface area contributed by atoms with Crippen LogP contribution in [0.4, 0.5) is 0 Å². The van der Waals surface area contributed by atoms with Gasteiger partial charge in [0, 0.05) is 12.6 Å². The minimum atomic E-state index is -0.744. The van der Waals surface area contributed by atoms with Gasteiger partial charge in [-0.15, -0.1) is 0 Å². The van der Waals surface area contributed by atoms with Crippen LogP contribution in [0.5, 0.6) is 0 Å². The Labute approximate surface area is 116 Å². The van der Waals surface area contributed by atoms with Crippen molar-refractivity contribution in [3.8, 4) is 0 Å². The van der Waals surface area contributed by atoms with E-state index < -0.39 is 5.97 Å². The van der Waals surface area contributed by atoms with E-state index in [1.165, 1.54) is 11.1 Å². The van der Waals surface area contributed by atoms with Crippen LogP contribution in [0.15, 0.2) is 24.3 Å². The van der Waals surface area contributed by atoms with Crippen LogP contribution in [0.25, 0.3) is 0 Å². The second-order valence-electron chi connectivity index (χ2n) is 5.41. The number of benzene rings is 1. The van der Waals surface area contributed by atoms with Gasteiger partial charge in [0.2, 0.25) is 0 Å². The third kappa shape index (κ3) is 5.03. The van der Waals surface area contributed by atoms with Crippen LogP contribution in [0.1, 0.15) is 50.7 Å². The molecular formula is C16H25NO2. The molecule has 0 fully saturated rings. The minimum Gasteiger partial charge on any atom is -0.481 e. The second-order valence-corrected chi connectivity index (χ2v) is 5.41. The zero-order valence-corrected chi connectivity index (χ0v) is 12.4. The quantitative estimate of drug-likeness (QED) is 0.818. The maximum absolute atomic E-state index is 10.7. The number of carboxylic acids is 1. The van der Waals surface area contributed by atoms with Crippen molar-refractivity contribution in [1.82, 2.24) is 4.90 Å². The van der Waals surface area contributed by atoms with E-state index in [1.807, 2.05) is 14.0 Å².